The van der Waals surface area contributed by atoms with Crippen LogP contribution in [0.15, 0.2) is 72.8 Å². The smallest absolute Gasteiger partial charge is 0.232 e. The van der Waals surface area contributed by atoms with Gasteiger partial charge in [-0.05, 0) is 91.8 Å². The van der Waals surface area contributed by atoms with Crippen molar-refractivity contribution in [2.24, 2.45) is 0 Å². The molecule has 1 fully saturated rings. The summed E-state index contributed by atoms with van der Waals surface area (Å²) in [4.78, 5) is 15.6. The molecule has 1 aliphatic heterocycles. The van der Waals surface area contributed by atoms with Crippen molar-refractivity contribution in [2.45, 2.75) is 31.1 Å². The van der Waals surface area contributed by atoms with Gasteiger partial charge in [0.05, 0.1) is 5.92 Å². The largest absolute Gasteiger partial charge is 0.355 e. The maximum absolute atomic E-state index is 14.1. The quantitative estimate of drug-likeness (QED) is 0.352. The molecule has 6 heteroatoms. The van der Waals surface area contributed by atoms with E-state index in [9.17, 15) is 9.18 Å². The SMILES string of the molecule is O=C(NCCCN1CCC(c2ccccc2F)CC1)C(c1ccc(Cl)cc1)c1ccc(Cl)cc1. The van der Waals surface area contributed by atoms with Crippen molar-refractivity contribution < 1.29 is 9.18 Å². The Hall–Kier alpha value is -2.40. The van der Waals surface area contributed by atoms with E-state index >= 15 is 0 Å². The van der Waals surface area contributed by atoms with Gasteiger partial charge in [0.15, 0.2) is 0 Å². The second kappa shape index (κ2) is 11.8. The van der Waals surface area contributed by atoms with E-state index in [1.54, 1.807) is 36.4 Å². The fourth-order valence-corrected chi connectivity index (χ4v) is 4.95. The van der Waals surface area contributed by atoms with Crippen LogP contribution in [0.2, 0.25) is 10.0 Å². The molecular weight excluding hydrogens is 470 g/mol. The first-order valence-corrected chi connectivity index (χ1v) is 12.5. The number of rotatable bonds is 8. The number of hydrogen-bond donors (Lipinski definition) is 1. The molecule has 0 unspecified atom stereocenters. The summed E-state index contributed by atoms with van der Waals surface area (Å²) in [6.45, 7) is 3.41. The molecule has 3 aromatic rings. The van der Waals surface area contributed by atoms with Crippen molar-refractivity contribution in [3.8, 4) is 0 Å². The minimum absolute atomic E-state index is 0.0390. The van der Waals surface area contributed by atoms with Crippen molar-refractivity contribution in [3.63, 3.8) is 0 Å². The van der Waals surface area contributed by atoms with E-state index in [2.05, 4.69) is 10.2 Å². The monoisotopic (exact) mass is 498 g/mol. The Morgan fingerprint density at radius 1 is 0.912 bits per heavy atom. The normalized spacial score (nSPS) is 14.9. The molecule has 4 rings (SSSR count). The summed E-state index contributed by atoms with van der Waals surface area (Å²) in [5, 5.41) is 4.38. The van der Waals surface area contributed by atoms with E-state index in [-0.39, 0.29) is 17.6 Å². The lowest BCUT2D eigenvalue weighted by molar-refractivity contribution is -0.121. The number of likely N-dealkylation sites (tertiary alicyclic amines) is 1. The maximum atomic E-state index is 14.1. The van der Waals surface area contributed by atoms with Crippen LogP contribution in [0.5, 0.6) is 0 Å². The average molecular weight is 499 g/mol. The van der Waals surface area contributed by atoms with Crippen LogP contribution in [0.4, 0.5) is 4.39 Å². The van der Waals surface area contributed by atoms with Gasteiger partial charge in [0.1, 0.15) is 5.82 Å². The van der Waals surface area contributed by atoms with Crippen LogP contribution in [0, 0.1) is 5.82 Å². The highest BCUT2D eigenvalue weighted by Gasteiger charge is 2.24. The number of carbonyl (C=O) groups excluding carboxylic acids is 1. The summed E-state index contributed by atoms with van der Waals surface area (Å²) >= 11 is 12.1. The van der Waals surface area contributed by atoms with Gasteiger partial charge in [-0.1, -0.05) is 65.7 Å². The molecule has 0 aliphatic carbocycles. The minimum atomic E-state index is -0.425. The number of halogens is 3. The summed E-state index contributed by atoms with van der Waals surface area (Å²) in [7, 11) is 0. The third-order valence-corrected chi connectivity index (χ3v) is 7.06. The molecule has 0 bridgehead atoms. The third kappa shape index (κ3) is 6.38. The first-order valence-electron chi connectivity index (χ1n) is 11.8. The summed E-state index contributed by atoms with van der Waals surface area (Å²) in [5.74, 6) is -0.273. The van der Waals surface area contributed by atoms with E-state index in [1.165, 1.54) is 0 Å². The standard InChI is InChI=1S/C28H29Cl2FN2O/c29-23-10-6-21(7-11-23)27(22-8-12-24(30)13-9-22)28(34)32-16-3-17-33-18-14-20(15-19-33)25-4-1-2-5-26(25)31/h1-2,4-13,20,27H,3,14-19H2,(H,32,34). The number of hydrogen-bond acceptors (Lipinski definition) is 2. The van der Waals surface area contributed by atoms with E-state index in [4.69, 9.17) is 23.2 Å². The number of benzene rings is 3. The van der Waals surface area contributed by atoms with Crippen LogP contribution in [0.3, 0.4) is 0 Å². The predicted octanol–water partition coefficient (Wildman–Crippen LogP) is 6.65. The van der Waals surface area contributed by atoms with E-state index in [0.717, 1.165) is 55.6 Å². The van der Waals surface area contributed by atoms with Crippen molar-refractivity contribution in [1.29, 1.82) is 0 Å². The van der Waals surface area contributed by atoms with Crippen molar-refractivity contribution in [3.05, 3.63) is 105 Å². The van der Waals surface area contributed by atoms with Crippen LogP contribution >= 0.6 is 23.2 Å². The number of amides is 1. The maximum Gasteiger partial charge on any atom is 0.232 e. The van der Waals surface area contributed by atoms with Crippen molar-refractivity contribution in [2.75, 3.05) is 26.2 Å². The van der Waals surface area contributed by atoms with Gasteiger partial charge in [0.2, 0.25) is 5.91 Å². The second-order valence-electron chi connectivity index (χ2n) is 8.82. The molecule has 1 N–H and O–H groups in total. The molecule has 0 spiro atoms. The molecule has 1 saturated heterocycles. The summed E-state index contributed by atoms with van der Waals surface area (Å²) in [6.07, 6.45) is 2.79. The topological polar surface area (TPSA) is 32.3 Å². The Morgan fingerprint density at radius 3 is 2.03 bits per heavy atom. The Bertz CT molecular complexity index is 1030. The highest BCUT2D eigenvalue weighted by molar-refractivity contribution is 6.30. The van der Waals surface area contributed by atoms with E-state index in [0.29, 0.717) is 16.6 Å². The Kier molecular flexibility index (Phi) is 8.60. The van der Waals surface area contributed by atoms with Gasteiger partial charge >= 0.3 is 0 Å². The molecule has 0 saturated carbocycles. The lowest BCUT2D eigenvalue weighted by Crippen LogP contribution is -2.36. The molecule has 34 heavy (non-hydrogen) atoms. The molecule has 1 heterocycles. The zero-order valence-corrected chi connectivity index (χ0v) is 20.5. The molecule has 0 atom stereocenters. The highest BCUT2D eigenvalue weighted by atomic mass is 35.5. The molecule has 0 radical (unpaired) electrons. The predicted molar refractivity (Wildman–Crippen MR) is 137 cm³/mol. The van der Waals surface area contributed by atoms with Crippen LogP contribution in [-0.4, -0.2) is 37.0 Å². The van der Waals surface area contributed by atoms with Gasteiger partial charge in [-0.15, -0.1) is 0 Å². The van der Waals surface area contributed by atoms with Crippen LogP contribution in [-0.2, 0) is 4.79 Å². The van der Waals surface area contributed by atoms with Crippen molar-refractivity contribution in [1.82, 2.24) is 10.2 Å². The summed E-state index contributed by atoms with van der Waals surface area (Å²) in [5.41, 5.74) is 2.61. The number of piperidine rings is 1. The first kappa shape index (κ1) is 24.7. The van der Waals surface area contributed by atoms with Crippen LogP contribution in [0.25, 0.3) is 0 Å². The number of nitrogens with zero attached hydrogens (tertiary/aromatic N) is 1. The van der Waals surface area contributed by atoms with E-state index in [1.807, 2.05) is 36.4 Å². The van der Waals surface area contributed by atoms with Gasteiger partial charge in [-0.3, -0.25) is 4.79 Å². The van der Waals surface area contributed by atoms with Gasteiger partial charge in [0.25, 0.3) is 0 Å². The third-order valence-electron chi connectivity index (χ3n) is 6.55. The van der Waals surface area contributed by atoms with Crippen molar-refractivity contribution >= 4 is 29.1 Å². The Balaban J connectivity index is 1.28. The molecule has 0 aromatic heterocycles. The zero-order chi connectivity index (χ0) is 23.9. The van der Waals surface area contributed by atoms with Gasteiger partial charge in [-0.2, -0.15) is 0 Å². The molecule has 3 nitrogen and oxygen atoms in total. The summed E-state index contributed by atoms with van der Waals surface area (Å²) < 4.78 is 14.1. The molecular formula is C28H29Cl2FN2O. The highest BCUT2D eigenvalue weighted by Crippen LogP contribution is 2.30. The van der Waals surface area contributed by atoms with Gasteiger partial charge in [-0.25, -0.2) is 4.39 Å². The lowest BCUT2D eigenvalue weighted by Gasteiger charge is -2.32. The Labute approximate surface area is 210 Å². The fraction of sp³-hybridized carbons (Fsp3) is 0.321. The number of nitrogens with one attached hydrogen (secondary N) is 1. The summed E-state index contributed by atoms with van der Waals surface area (Å²) in [6, 6.07) is 21.9. The molecule has 1 aliphatic rings. The number of carbonyl (C=O) groups is 1. The Morgan fingerprint density at radius 2 is 1.47 bits per heavy atom. The molecule has 178 valence electrons. The first-order chi connectivity index (χ1) is 16.5. The van der Waals surface area contributed by atoms with Gasteiger partial charge in [0, 0.05) is 16.6 Å². The molecule has 1 amide bonds. The zero-order valence-electron chi connectivity index (χ0n) is 19.0. The van der Waals surface area contributed by atoms with Crippen LogP contribution in [0.1, 0.15) is 47.8 Å². The lowest BCUT2D eigenvalue weighted by atomic mass is 9.89. The molecule has 3 aromatic carbocycles. The van der Waals surface area contributed by atoms with Gasteiger partial charge < -0.3 is 10.2 Å². The average Bonchev–Trinajstić information content (AvgIpc) is 2.85. The fourth-order valence-electron chi connectivity index (χ4n) is 4.70. The van der Waals surface area contributed by atoms with Crippen LogP contribution < -0.4 is 5.32 Å². The second-order valence-corrected chi connectivity index (χ2v) is 9.69. The minimum Gasteiger partial charge on any atom is -0.355 e. The van der Waals surface area contributed by atoms with E-state index < -0.39 is 5.92 Å².